The van der Waals surface area contributed by atoms with Gasteiger partial charge in [0, 0.05) is 5.56 Å². The van der Waals surface area contributed by atoms with Crippen molar-refractivity contribution in [1.29, 1.82) is 0 Å². The Morgan fingerprint density at radius 3 is 2.30 bits per heavy atom. The van der Waals surface area contributed by atoms with Crippen molar-refractivity contribution in [2.45, 2.75) is 18.9 Å². The number of methoxy groups -OCH3 is 3. The maximum absolute atomic E-state index is 10.3. The predicted octanol–water partition coefficient (Wildman–Crippen LogP) is 3.08. The van der Waals surface area contributed by atoms with E-state index in [0.717, 1.165) is 5.56 Å². The molecule has 2 N–H and O–H groups in total. The standard InChI is InChI=1S/C18H22O5/c1-21-13-6-8-16(20)14(11-13)15(19)7-4-12-5-9-17(22-2)18(10-12)23-3/h5-6,8-11,15,19-20H,4,7H2,1-3H3. The summed E-state index contributed by atoms with van der Waals surface area (Å²) in [5, 5.41) is 20.2. The summed E-state index contributed by atoms with van der Waals surface area (Å²) in [4.78, 5) is 0. The summed E-state index contributed by atoms with van der Waals surface area (Å²) in [5.74, 6) is 1.99. The molecule has 0 fully saturated rings. The number of rotatable bonds is 7. The monoisotopic (exact) mass is 318 g/mol. The first-order valence-electron chi connectivity index (χ1n) is 7.35. The van der Waals surface area contributed by atoms with Crippen LogP contribution in [0.2, 0.25) is 0 Å². The molecule has 2 rings (SSSR count). The Morgan fingerprint density at radius 1 is 0.913 bits per heavy atom. The number of aliphatic hydroxyl groups excluding tert-OH is 1. The molecule has 5 nitrogen and oxygen atoms in total. The summed E-state index contributed by atoms with van der Waals surface area (Å²) in [6, 6.07) is 10.5. The first-order valence-corrected chi connectivity index (χ1v) is 7.35. The van der Waals surface area contributed by atoms with E-state index < -0.39 is 6.10 Å². The highest BCUT2D eigenvalue weighted by atomic mass is 16.5. The first kappa shape index (κ1) is 17.0. The van der Waals surface area contributed by atoms with Crippen LogP contribution < -0.4 is 14.2 Å². The number of benzene rings is 2. The summed E-state index contributed by atoms with van der Waals surface area (Å²) in [6.45, 7) is 0. The molecule has 0 bridgehead atoms. The molecule has 0 aromatic heterocycles. The fourth-order valence-electron chi connectivity index (χ4n) is 2.42. The SMILES string of the molecule is COc1ccc(O)c(C(O)CCc2ccc(OC)c(OC)c2)c1. The minimum Gasteiger partial charge on any atom is -0.508 e. The molecular formula is C18H22O5. The van der Waals surface area contributed by atoms with Gasteiger partial charge in [0.1, 0.15) is 11.5 Å². The molecule has 1 atom stereocenters. The minimum atomic E-state index is -0.779. The number of phenolic OH excluding ortho intramolecular Hbond substituents is 1. The molecule has 0 aliphatic carbocycles. The average molecular weight is 318 g/mol. The highest BCUT2D eigenvalue weighted by molar-refractivity contribution is 5.43. The van der Waals surface area contributed by atoms with Crippen LogP contribution >= 0.6 is 0 Å². The molecule has 0 saturated carbocycles. The topological polar surface area (TPSA) is 68.2 Å². The van der Waals surface area contributed by atoms with Crippen LogP contribution in [0.4, 0.5) is 0 Å². The zero-order valence-electron chi connectivity index (χ0n) is 13.6. The fourth-order valence-corrected chi connectivity index (χ4v) is 2.42. The normalized spacial score (nSPS) is 11.8. The van der Waals surface area contributed by atoms with E-state index in [1.807, 2.05) is 18.2 Å². The van der Waals surface area contributed by atoms with E-state index in [-0.39, 0.29) is 5.75 Å². The van der Waals surface area contributed by atoms with Crippen LogP contribution in [0.15, 0.2) is 36.4 Å². The van der Waals surface area contributed by atoms with Gasteiger partial charge in [-0.3, -0.25) is 0 Å². The lowest BCUT2D eigenvalue weighted by Gasteiger charge is -2.15. The molecule has 0 aliphatic heterocycles. The van der Waals surface area contributed by atoms with Gasteiger partial charge in [-0.15, -0.1) is 0 Å². The van der Waals surface area contributed by atoms with Crippen LogP contribution in [0.25, 0.3) is 0 Å². The van der Waals surface area contributed by atoms with Gasteiger partial charge in [-0.1, -0.05) is 6.07 Å². The zero-order valence-corrected chi connectivity index (χ0v) is 13.6. The summed E-state index contributed by atoms with van der Waals surface area (Å²) >= 11 is 0. The molecule has 2 aromatic rings. The Labute approximate surface area is 136 Å². The Hall–Kier alpha value is -2.40. The van der Waals surface area contributed by atoms with E-state index in [1.54, 1.807) is 33.5 Å². The number of aromatic hydroxyl groups is 1. The van der Waals surface area contributed by atoms with E-state index >= 15 is 0 Å². The van der Waals surface area contributed by atoms with Crippen molar-refractivity contribution < 1.29 is 24.4 Å². The van der Waals surface area contributed by atoms with Gasteiger partial charge in [-0.05, 0) is 48.7 Å². The van der Waals surface area contributed by atoms with Crippen LogP contribution in [0.3, 0.4) is 0 Å². The van der Waals surface area contributed by atoms with E-state index in [0.29, 0.717) is 35.7 Å². The molecule has 1 unspecified atom stereocenters. The average Bonchev–Trinajstić information content (AvgIpc) is 2.59. The third kappa shape index (κ3) is 4.07. The minimum absolute atomic E-state index is 0.0608. The lowest BCUT2D eigenvalue weighted by Crippen LogP contribution is -2.01. The lowest BCUT2D eigenvalue weighted by atomic mass is 10.00. The van der Waals surface area contributed by atoms with Gasteiger partial charge in [-0.2, -0.15) is 0 Å². The molecule has 2 aromatic carbocycles. The molecule has 0 heterocycles. The van der Waals surface area contributed by atoms with Crippen molar-refractivity contribution in [3.8, 4) is 23.0 Å². The van der Waals surface area contributed by atoms with E-state index in [4.69, 9.17) is 14.2 Å². The molecular weight excluding hydrogens is 296 g/mol. The van der Waals surface area contributed by atoms with Crippen molar-refractivity contribution >= 4 is 0 Å². The lowest BCUT2D eigenvalue weighted by molar-refractivity contribution is 0.163. The van der Waals surface area contributed by atoms with Crippen LogP contribution in [-0.2, 0) is 6.42 Å². The van der Waals surface area contributed by atoms with Crippen molar-refractivity contribution in [3.05, 3.63) is 47.5 Å². The third-order valence-electron chi connectivity index (χ3n) is 3.75. The molecule has 0 radical (unpaired) electrons. The summed E-state index contributed by atoms with van der Waals surface area (Å²) < 4.78 is 15.6. The van der Waals surface area contributed by atoms with Crippen LogP contribution in [-0.4, -0.2) is 31.5 Å². The van der Waals surface area contributed by atoms with Crippen molar-refractivity contribution in [2.75, 3.05) is 21.3 Å². The number of hydrogen-bond acceptors (Lipinski definition) is 5. The van der Waals surface area contributed by atoms with E-state index in [9.17, 15) is 10.2 Å². The number of ether oxygens (including phenoxy) is 3. The van der Waals surface area contributed by atoms with Gasteiger partial charge in [0.05, 0.1) is 27.4 Å². The molecule has 0 saturated heterocycles. The quantitative estimate of drug-likeness (QED) is 0.821. The largest absolute Gasteiger partial charge is 0.508 e. The smallest absolute Gasteiger partial charge is 0.160 e. The second kappa shape index (κ2) is 7.74. The first-order chi connectivity index (χ1) is 11.1. The number of aliphatic hydroxyl groups is 1. The van der Waals surface area contributed by atoms with Crippen molar-refractivity contribution in [3.63, 3.8) is 0 Å². The number of aryl methyl sites for hydroxylation is 1. The number of phenols is 1. The summed E-state index contributed by atoms with van der Waals surface area (Å²) in [6.07, 6.45) is 0.326. The Balaban J connectivity index is 2.08. The van der Waals surface area contributed by atoms with E-state index in [2.05, 4.69) is 0 Å². The molecule has 124 valence electrons. The zero-order chi connectivity index (χ0) is 16.8. The van der Waals surface area contributed by atoms with Gasteiger partial charge in [0.25, 0.3) is 0 Å². The molecule has 5 heteroatoms. The van der Waals surface area contributed by atoms with Crippen molar-refractivity contribution in [2.24, 2.45) is 0 Å². The Morgan fingerprint density at radius 2 is 1.65 bits per heavy atom. The van der Waals surface area contributed by atoms with Crippen molar-refractivity contribution in [1.82, 2.24) is 0 Å². The maximum atomic E-state index is 10.3. The molecule has 23 heavy (non-hydrogen) atoms. The summed E-state index contributed by atoms with van der Waals surface area (Å²) in [7, 11) is 4.73. The van der Waals surface area contributed by atoms with Gasteiger partial charge in [0.2, 0.25) is 0 Å². The predicted molar refractivity (Wildman–Crippen MR) is 87.5 cm³/mol. The van der Waals surface area contributed by atoms with E-state index in [1.165, 1.54) is 6.07 Å². The Kier molecular flexibility index (Phi) is 5.71. The third-order valence-corrected chi connectivity index (χ3v) is 3.75. The Bertz CT molecular complexity index is 654. The highest BCUT2D eigenvalue weighted by Gasteiger charge is 2.14. The van der Waals surface area contributed by atoms with Crippen LogP contribution in [0.1, 0.15) is 23.7 Å². The van der Waals surface area contributed by atoms with Gasteiger partial charge >= 0.3 is 0 Å². The van der Waals surface area contributed by atoms with Gasteiger partial charge in [-0.25, -0.2) is 0 Å². The summed E-state index contributed by atoms with van der Waals surface area (Å²) in [5.41, 5.74) is 1.48. The maximum Gasteiger partial charge on any atom is 0.160 e. The molecule has 0 spiro atoms. The molecule has 0 aliphatic rings. The van der Waals surface area contributed by atoms with Crippen LogP contribution in [0, 0.1) is 0 Å². The highest BCUT2D eigenvalue weighted by Crippen LogP contribution is 2.32. The second-order valence-corrected chi connectivity index (χ2v) is 5.17. The number of hydrogen-bond donors (Lipinski definition) is 2. The second-order valence-electron chi connectivity index (χ2n) is 5.17. The van der Waals surface area contributed by atoms with Gasteiger partial charge in [0.15, 0.2) is 11.5 Å². The molecule has 0 amide bonds. The van der Waals surface area contributed by atoms with Gasteiger partial charge < -0.3 is 24.4 Å². The fraction of sp³-hybridized carbons (Fsp3) is 0.333. The van der Waals surface area contributed by atoms with Crippen LogP contribution in [0.5, 0.6) is 23.0 Å².